The van der Waals surface area contributed by atoms with E-state index in [-0.39, 0.29) is 0 Å². The molecular weight excluding hydrogens is 272 g/mol. The summed E-state index contributed by atoms with van der Waals surface area (Å²) in [6, 6.07) is 6.89. The van der Waals surface area contributed by atoms with Crippen molar-refractivity contribution in [1.82, 2.24) is 0 Å². The van der Waals surface area contributed by atoms with Gasteiger partial charge in [0.25, 0.3) is 0 Å². The first-order chi connectivity index (χ1) is 8.08. The number of halogens is 1. The van der Waals surface area contributed by atoms with Gasteiger partial charge in [-0.3, -0.25) is 0 Å². The van der Waals surface area contributed by atoms with Crippen LogP contribution < -0.4 is 0 Å². The Morgan fingerprint density at radius 3 is 2.59 bits per heavy atom. The summed E-state index contributed by atoms with van der Waals surface area (Å²) in [5.41, 5.74) is 4.30. The van der Waals surface area contributed by atoms with Crippen molar-refractivity contribution in [3.8, 4) is 0 Å². The average Bonchev–Trinajstić information content (AvgIpc) is 2.70. The highest BCUT2D eigenvalue weighted by molar-refractivity contribution is 9.09. The molecule has 1 aliphatic rings. The smallest absolute Gasteiger partial charge is 0.0216 e. The van der Waals surface area contributed by atoms with Gasteiger partial charge < -0.3 is 0 Å². The number of aryl methyl sites for hydroxylation is 2. The van der Waals surface area contributed by atoms with Crippen LogP contribution in [0.15, 0.2) is 18.2 Å². The van der Waals surface area contributed by atoms with Crippen molar-refractivity contribution in [1.29, 1.82) is 0 Å². The van der Waals surface area contributed by atoms with E-state index in [0.29, 0.717) is 4.83 Å². The van der Waals surface area contributed by atoms with Crippen molar-refractivity contribution in [2.75, 3.05) is 0 Å². The maximum absolute atomic E-state index is 3.92. The van der Waals surface area contributed by atoms with Crippen LogP contribution in [0.4, 0.5) is 0 Å². The first-order valence-electron chi connectivity index (χ1n) is 6.78. The molecule has 3 unspecified atom stereocenters. The highest BCUT2D eigenvalue weighted by Gasteiger charge is 2.29. The molecule has 1 heteroatoms. The zero-order valence-corrected chi connectivity index (χ0v) is 12.8. The normalized spacial score (nSPS) is 26.1. The van der Waals surface area contributed by atoms with Crippen molar-refractivity contribution >= 4 is 15.9 Å². The monoisotopic (exact) mass is 294 g/mol. The molecular formula is C16H23Br. The van der Waals surface area contributed by atoms with E-state index >= 15 is 0 Å². The Kier molecular flexibility index (Phi) is 4.30. The fourth-order valence-electron chi connectivity index (χ4n) is 3.02. The van der Waals surface area contributed by atoms with Gasteiger partial charge in [-0.05, 0) is 55.2 Å². The number of rotatable bonds is 3. The molecule has 1 aliphatic carbocycles. The fourth-order valence-corrected chi connectivity index (χ4v) is 4.18. The van der Waals surface area contributed by atoms with E-state index in [1.807, 2.05) is 0 Å². The summed E-state index contributed by atoms with van der Waals surface area (Å²) in [5.74, 6) is 1.77. The zero-order chi connectivity index (χ0) is 12.4. The number of hydrogen-bond donors (Lipinski definition) is 0. The molecule has 0 amide bonds. The lowest BCUT2D eigenvalue weighted by molar-refractivity contribution is 0.407. The van der Waals surface area contributed by atoms with Crippen LogP contribution in [0.2, 0.25) is 0 Å². The number of benzene rings is 1. The summed E-state index contributed by atoms with van der Waals surface area (Å²) >= 11 is 3.92. The maximum Gasteiger partial charge on any atom is 0.0216 e. The molecule has 0 heterocycles. The Hall–Kier alpha value is -0.300. The van der Waals surface area contributed by atoms with Gasteiger partial charge in [0.15, 0.2) is 0 Å². The van der Waals surface area contributed by atoms with Crippen molar-refractivity contribution in [3.05, 3.63) is 34.9 Å². The van der Waals surface area contributed by atoms with Gasteiger partial charge in [-0.15, -0.1) is 0 Å². The molecule has 3 atom stereocenters. The van der Waals surface area contributed by atoms with Crippen LogP contribution in [0.1, 0.15) is 42.9 Å². The standard InChI is InChI=1S/C16H23Br/c1-11-7-8-14(9-13(11)3)10-16(17)15-6-4-5-12(15)2/h7-9,12,15-16H,4-6,10H2,1-3H3. The van der Waals surface area contributed by atoms with E-state index in [4.69, 9.17) is 0 Å². The minimum absolute atomic E-state index is 0.655. The van der Waals surface area contributed by atoms with Gasteiger partial charge in [0, 0.05) is 4.83 Å². The Balaban J connectivity index is 2.02. The third kappa shape index (κ3) is 3.13. The Bertz CT molecular complexity index is 383. The largest absolute Gasteiger partial charge is 0.0884 e. The molecule has 0 N–H and O–H groups in total. The fraction of sp³-hybridized carbons (Fsp3) is 0.625. The zero-order valence-electron chi connectivity index (χ0n) is 11.2. The van der Waals surface area contributed by atoms with Gasteiger partial charge in [-0.2, -0.15) is 0 Å². The third-order valence-corrected chi connectivity index (χ3v) is 5.40. The quantitative estimate of drug-likeness (QED) is 0.685. The highest BCUT2D eigenvalue weighted by Crippen LogP contribution is 2.37. The molecule has 0 radical (unpaired) electrons. The molecule has 17 heavy (non-hydrogen) atoms. The summed E-state index contributed by atoms with van der Waals surface area (Å²) in [6.45, 7) is 6.80. The lowest BCUT2D eigenvalue weighted by Crippen LogP contribution is -2.19. The summed E-state index contributed by atoms with van der Waals surface area (Å²) in [6.07, 6.45) is 5.42. The molecule has 1 aromatic rings. The van der Waals surface area contributed by atoms with Crippen molar-refractivity contribution in [2.45, 2.75) is 51.3 Å². The topological polar surface area (TPSA) is 0 Å². The molecule has 0 aliphatic heterocycles. The molecule has 0 spiro atoms. The predicted molar refractivity (Wildman–Crippen MR) is 78.8 cm³/mol. The van der Waals surface area contributed by atoms with E-state index in [2.05, 4.69) is 54.9 Å². The van der Waals surface area contributed by atoms with E-state index < -0.39 is 0 Å². The Morgan fingerprint density at radius 1 is 1.24 bits per heavy atom. The number of hydrogen-bond acceptors (Lipinski definition) is 0. The minimum atomic E-state index is 0.655. The van der Waals surface area contributed by atoms with Crippen LogP contribution >= 0.6 is 15.9 Å². The molecule has 1 saturated carbocycles. The molecule has 1 aromatic carbocycles. The summed E-state index contributed by atoms with van der Waals surface area (Å²) in [5, 5.41) is 0. The first kappa shape index (κ1) is 13.1. The summed E-state index contributed by atoms with van der Waals surface area (Å²) < 4.78 is 0. The first-order valence-corrected chi connectivity index (χ1v) is 7.69. The molecule has 0 saturated heterocycles. The lowest BCUT2D eigenvalue weighted by atomic mass is 9.90. The van der Waals surface area contributed by atoms with Gasteiger partial charge in [0.2, 0.25) is 0 Å². The maximum atomic E-state index is 3.92. The van der Waals surface area contributed by atoms with Crippen LogP contribution in [0.25, 0.3) is 0 Å². The van der Waals surface area contributed by atoms with Crippen molar-refractivity contribution in [2.24, 2.45) is 11.8 Å². The lowest BCUT2D eigenvalue weighted by Gasteiger charge is -2.22. The van der Waals surface area contributed by atoms with Gasteiger partial charge in [0.1, 0.15) is 0 Å². The Morgan fingerprint density at radius 2 is 2.00 bits per heavy atom. The summed E-state index contributed by atoms with van der Waals surface area (Å²) in [4.78, 5) is 0.655. The second-order valence-electron chi connectivity index (χ2n) is 5.71. The van der Waals surface area contributed by atoms with Crippen LogP contribution in [0.3, 0.4) is 0 Å². The van der Waals surface area contributed by atoms with Crippen LogP contribution in [-0.4, -0.2) is 4.83 Å². The van der Waals surface area contributed by atoms with Gasteiger partial charge >= 0.3 is 0 Å². The second kappa shape index (κ2) is 5.56. The van der Waals surface area contributed by atoms with Crippen LogP contribution in [0, 0.1) is 25.7 Å². The SMILES string of the molecule is Cc1ccc(CC(Br)C2CCCC2C)cc1C. The van der Waals surface area contributed by atoms with Crippen molar-refractivity contribution < 1.29 is 0 Å². The molecule has 1 fully saturated rings. The molecule has 0 aromatic heterocycles. The minimum Gasteiger partial charge on any atom is -0.0884 e. The van der Waals surface area contributed by atoms with Gasteiger partial charge in [-0.1, -0.05) is 53.9 Å². The second-order valence-corrected chi connectivity index (χ2v) is 6.89. The van der Waals surface area contributed by atoms with Crippen LogP contribution in [0.5, 0.6) is 0 Å². The molecule has 0 bridgehead atoms. The van der Waals surface area contributed by atoms with Crippen molar-refractivity contribution in [3.63, 3.8) is 0 Å². The van der Waals surface area contributed by atoms with Gasteiger partial charge in [-0.25, -0.2) is 0 Å². The summed E-state index contributed by atoms with van der Waals surface area (Å²) in [7, 11) is 0. The molecule has 94 valence electrons. The third-order valence-electron chi connectivity index (χ3n) is 4.39. The molecule has 0 nitrogen and oxygen atoms in total. The van der Waals surface area contributed by atoms with E-state index in [9.17, 15) is 0 Å². The van der Waals surface area contributed by atoms with Gasteiger partial charge in [0.05, 0.1) is 0 Å². The Labute approximate surface area is 114 Å². The average molecular weight is 295 g/mol. The van der Waals surface area contributed by atoms with E-state index in [1.165, 1.54) is 42.4 Å². The van der Waals surface area contributed by atoms with E-state index in [0.717, 1.165) is 11.8 Å². The molecule has 2 rings (SSSR count). The highest BCUT2D eigenvalue weighted by atomic mass is 79.9. The van der Waals surface area contributed by atoms with E-state index in [1.54, 1.807) is 0 Å². The number of alkyl halides is 1. The predicted octanol–water partition coefficient (Wildman–Crippen LogP) is 5.05. The van der Waals surface area contributed by atoms with Crippen LogP contribution in [-0.2, 0) is 6.42 Å².